The van der Waals surface area contributed by atoms with Crippen LogP contribution in [0.1, 0.15) is 17.2 Å². The number of para-hydroxylation sites is 1. The van der Waals surface area contributed by atoms with Gasteiger partial charge in [-0.05, 0) is 41.8 Å². The fourth-order valence-electron chi connectivity index (χ4n) is 2.57. The molecule has 0 aliphatic carbocycles. The summed E-state index contributed by atoms with van der Waals surface area (Å²) in [7, 11) is 0. The molecule has 1 unspecified atom stereocenters. The van der Waals surface area contributed by atoms with E-state index in [9.17, 15) is 14.4 Å². The number of carbonyl (C=O) groups excluding carboxylic acids is 1. The molecular weight excluding hydrogens is 283 g/mol. The van der Waals surface area contributed by atoms with Crippen molar-refractivity contribution in [2.24, 2.45) is 0 Å². The summed E-state index contributed by atoms with van der Waals surface area (Å²) >= 11 is 0. The number of amides is 1. The van der Waals surface area contributed by atoms with Crippen LogP contribution in [0.2, 0.25) is 0 Å². The van der Waals surface area contributed by atoms with Crippen molar-refractivity contribution >= 4 is 6.09 Å². The van der Waals surface area contributed by atoms with Crippen LogP contribution < -0.4 is 4.74 Å². The van der Waals surface area contributed by atoms with Crippen molar-refractivity contribution in [2.75, 3.05) is 6.54 Å². The lowest BCUT2D eigenvalue weighted by molar-refractivity contribution is 0.139. The molecule has 5 heteroatoms. The zero-order valence-corrected chi connectivity index (χ0v) is 11.7. The number of hydrogen-bond acceptors (Lipinski definition) is 3. The van der Waals surface area contributed by atoms with Crippen molar-refractivity contribution in [3.05, 3.63) is 65.5 Å². The van der Waals surface area contributed by atoms with Crippen molar-refractivity contribution < 1.29 is 13.9 Å². The van der Waals surface area contributed by atoms with Crippen molar-refractivity contribution in [2.45, 2.75) is 12.5 Å². The monoisotopic (exact) mass is 296 g/mol. The van der Waals surface area contributed by atoms with Gasteiger partial charge in [-0.1, -0.05) is 24.3 Å². The van der Waals surface area contributed by atoms with Gasteiger partial charge in [-0.15, -0.1) is 0 Å². The molecule has 2 aromatic carbocycles. The van der Waals surface area contributed by atoms with E-state index < -0.39 is 18.0 Å². The summed E-state index contributed by atoms with van der Waals surface area (Å²) in [4.78, 5) is 13.6. The molecule has 0 radical (unpaired) electrons. The van der Waals surface area contributed by atoms with Crippen LogP contribution in [0.25, 0.3) is 0 Å². The lowest BCUT2D eigenvalue weighted by atomic mass is 9.93. The quantitative estimate of drug-likeness (QED) is 0.810. The second-order valence-electron chi connectivity index (χ2n) is 5.00. The summed E-state index contributed by atoms with van der Waals surface area (Å²) in [6, 6.07) is 14.2. The van der Waals surface area contributed by atoms with E-state index in [1.54, 1.807) is 30.3 Å². The van der Waals surface area contributed by atoms with Crippen LogP contribution in [-0.2, 0) is 6.42 Å². The molecule has 0 saturated heterocycles. The molecule has 0 spiro atoms. The maximum absolute atomic E-state index is 13.4. The van der Waals surface area contributed by atoms with Gasteiger partial charge in [-0.3, -0.25) is 4.90 Å². The fraction of sp³-hybridized carbons (Fsp3) is 0.176. The molecule has 1 atom stereocenters. The van der Waals surface area contributed by atoms with Crippen molar-refractivity contribution in [1.29, 1.82) is 5.26 Å². The van der Waals surface area contributed by atoms with E-state index in [1.807, 2.05) is 6.07 Å². The van der Waals surface area contributed by atoms with Gasteiger partial charge in [0, 0.05) is 6.54 Å². The summed E-state index contributed by atoms with van der Waals surface area (Å²) < 4.78 is 18.7. The number of nitrogens with zero attached hydrogens (tertiary/aromatic N) is 2. The summed E-state index contributed by atoms with van der Waals surface area (Å²) in [5.74, 6) is -0.00787. The standard InChI is InChI=1S/C17H13FN2O2/c18-13-7-6-12-8-9-20(16(11-19)15(12)10-13)17(21)22-14-4-2-1-3-5-14/h1-7,10,16H,8-9H2. The first kappa shape index (κ1) is 14.1. The average molecular weight is 296 g/mol. The van der Waals surface area contributed by atoms with Crippen LogP contribution in [0.3, 0.4) is 0 Å². The molecule has 0 bridgehead atoms. The van der Waals surface area contributed by atoms with E-state index >= 15 is 0 Å². The Morgan fingerprint density at radius 3 is 2.77 bits per heavy atom. The van der Waals surface area contributed by atoms with Gasteiger partial charge in [0.05, 0.1) is 6.07 Å². The number of nitriles is 1. The second-order valence-corrected chi connectivity index (χ2v) is 5.00. The molecule has 1 aliphatic rings. The number of halogens is 1. The molecule has 4 nitrogen and oxygen atoms in total. The predicted octanol–water partition coefficient (Wildman–Crippen LogP) is 3.45. The smallest absolute Gasteiger partial charge is 0.410 e. The highest BCUT2D eigenvalue weighted by Gasteiger charge is 2.32. The summed E-state index contributed by atoms with van der Waals surface area (Å²) in [5.41, 5.74) is 1.41. The lowest BCUT2D eigenvalue weighted by Gasteiger charge is -2.32. The number of benzene rings is 2. The van der Waals surface area contributed by atoms with E-state index in [1.165, 1.54) is 17.0 Å². The van der Waals surface area contributed by atoms with Crippen LogP contribution in [0, 0.1) is 17.1 Å². The van der Waals surface area contributed by atoms with E-state index in [0.29, 0.717) is 24.3 Å². The van der Waals surface area contributed by atoms with Crippen LogP contribution in [0.15, 0.2) is 48.5 Å². The van der Waals surface area contributed by atoms with Gasteiger partial charge >= 0.3 is 6.09 Å². The molecular formula is C17H13FN2O2. The van der Waals surface area contributed by atoms with Gasteiger partial charge in [-0.2, -0.15) is 5.26 Å². The molecule has 22 heavy (non-hydrogen) atoms. The van der Waals surface area contributed by atoms with Gasteiger partial charge in [0.15, 0.2) is 0 Å². The zero-order chi connectivity index (χ0) is 15.5. The molecule has 2 aromatic rings. The molecule has 110 valence electrons. The highest BCUT2D eigenvalue weighted by atomic mass is 19.1. The van der Waals surface area contributed by atoms with Gasteiger partial charge in [0.2, 0.25) is 0 Å². The van der Waals surface area contributed by atoms with Gasteiger partial charge in [0.1, 0.15) is 17.6 Å². The number of ether oxygens (including phenoxy) is 1. The molecule has 1 heterocycles. The van der Waals surface area contributed by atoms with E-state index in [2.05, 4.69) is 6.07 Å². The minimum absolute atomic E-state index is 0.364. The minimum Gasteiger partial charge on any atom is -0.410 e. The summed E-state index contributed by atoms with van der Waals surface area (Å²) in [6.45, 7) is 0.364. The third kappa shape index (κ3) is 2.63. The van der Waals surface area contributed by atoms with Gasteiger partial charge in [0.25, 0.3) is 0 Å². The maximum Gasteiger partial charge on any atom is 0.416 e. The number of rotatable bonds is 1. The fourth-order valence-corrected chi connectivity index (χ4v) is 2.57. The Labute approximate surface area is 127 Å². The average Bonchev–Trinajstić information content (AvgIpc) is 2.54. The molecule has 0 fully saturated rings. The highest BCUT2D eigenvalue weighted by molar-refractivity contribution is 5.72. The first-order valence-corrected chi connectivity index (χ1v) is 6.90. The molecule has 0 aromatic heterocycles. The number of fused-ring (bicyclic) bond motifs is 1. The molecule has 1 amide bonds. The van der Waals surface area contributed by atoms with Crippen molar-refractivity contribution in [3.63, 3.8) is 0 Å². The zero-order valence-electron chi connectivity index (χ0n) is 11.7. The summed E-state index contributed by atoms with van der Waals surface area (Å²) in [5, 5.41) is 9.39. The van der Waals surface area contributed by atoms with Gasteiger partial charge in [-0.25, -0.2) is 9.18 Å². The Bertz CT molecular complexity index is 740. The lowest BCUT2D eigenvalue weighted by Crippen LogP contribution is -2.41. The summed E-state index contributed by atoms with van der Waals surface area (Å²) in [6.07, 6.45) is -0.0369. The Morgan fingerprint density at radius 1 is 1.27 bits per heavy atom. The Kier molecular flexibility index (Phi) is 3.75. The Morgan fingerprint density at radius 2 is 2.05 bits per heavy atom. The minimum atomic E-state index is -0.837. The van der Waals surface area contributed by atoms with Gasteiger partial charge < -0.3 is 4.74 Å². The maximum atomic E-state index is 13.4. The number of hydrogen-bond donors (Lipinski definition) is 0. The Balaban J connectivity index is 1.86. The Hall–Kier alpha value is -2.87. The van der Waals surface area contributed by atoms with Crippen LogP contribution >= 0.6 is 0 Å². The van der Waals surface area contributed by atoms with Crippen molar-refractivity contribution in [1.82, 2.24) is 4.90 Å². The first-order valence-electron chi connectivity index (χ1n) is 6.90. The molecule has 0 saturated carbocycles. The second kappa shape index (κ2) is 5.86. The molecule has 1 aliphatic heterocycles. The van der Waals surface area contributed by atoms with Crippen LogP contribution in [-0.4, -0.2) is 17.5 Å². The normalized spacial score (nSPS) is 16.5. The molecule has 0 N–H and O–H groups in total. The van der Waals surface area contributed by atoms with Crippen LogP contribution in [0.4, 0.5) is 9.18 Å². The van der Waals surface area contributed by atoms with E-state index in [4.69, 9.17) is 4.74 Å². The van der Waals surface area contributed by atoms with Crippen molar-refractivity contribution in [3.8, 4) is 11.8 Å². The predicted molar refractivity (Wildman–Crippen MR) is 77.6 cm³/mol. The third-order valence-corrected chi connectivity index (χ3v) is 3.64. The third-order valence-electron chi connectivity index (χ3n) is 3.64. The SMILES string of the molecule is N#CC1c2cc(F)ccc2CCN1C(=O)Oc1ccccc1. The molecule has 3 rings (SSSR count). The van der Waals surface area contributed by atoms with Crippen LogP contribution in [0.5, 0.6) is 5.75 Å². The number of carbonyl (C=O) groups is 1. The van der Waals surface area contributed by atoms with E-state index in [-0.39, 0.29) is 0 Å². The largest absolute Gasteiger partial charge is 0.416 e. The topological polar surface area (TPSA) is 53.3 Å². The van der Waals surface area contributed by atoms with E-state index in [0.717, 1.165) is 5.56 Å². The first-order chi connectivity index (χ1) is 10.7. The highest BCUT2D eigenvalue weighted by Crippen LogP contribution is 2.30.